The average molecular weight is 465 g/mol. The molecule has 31 heavy (non-hydrogen) atoms. The van der Waals surface area contributed by atoms with Crippen LogP contribution in [0.4, 0.5) is 41.2 Å². The van der Waals surface area contributed by atoms with Gasteiger partial charge in [0.1, 0.15) is 12.4 Å². The van der Waals surface area contributed by atoms with Crippen LogP contribution in [-0.4, -0.2) is 34.7 Å². The summed E-state index contributed by atoms with van der Waals surface area (Å²) in [5.41, 5.74) is -0.751. The third-order valence-corrected chi connectivity index (χ3v) is 5.17. The van der Waals surface area contributed by atoms with E-state index in [0.717, 1.165) is 51.9 Å². The molecule has 3 rings (SSSR count). The molecule has 2 amide bonds. The number of amides is 2. The number of amidine groups is 1. The molecule has 1 saturated heterocycles. The van der Waals surface area contributed by atoms with E-state index < -0.39 is 36.3 Å². The highest BCUT2D eigenvalue weighted by Gasteiger charge is 2.35. The van der Waals surface area contributed by atoms with Crippen molar-refractivity contribution >= 4 is 28.6 Å². The van der Waals surface area contributed by atoms with Gasteiger partial charge in [0.25, 0.3) is 0 Å². The summed E-state index contributed by atoms with van der Waals surface area (Å²) in [6.45, 7) is -1.88. The predicted octanol–water partition coefficient (Wildman–Crippen LogP) is 5.90. The van der Waals surface area contributed by atoms with Gasteiger partial charge in [-0.25, -0.2) is 9.18 Å². The molecule has 2 aromatic rings. The van der Waals surface area contributed by atoms with E-state index in [0.29, 0.717) is 0 Å². The molecule has 0 radical (unpaired) electrons. The molecule has 1 heterocycles. The quantitative estimate of drug-likeness (QED) is 0.528. The largest absolute Gasteiger partial charge is 0.416 e. The summed E-state index contributed by atoms with van der Waals surface area (Å²) in [6, 6.07) is 8.36. The van der Waals surface area contributed by atoms with Crippen molar-refractivity contribution in [2.45, 2.75) is 18.9 Å². The molecule has 0 aliphatic carbocycles. The first-order valence-electron chi connectivity index (χ1n) is 8.69. The molecule has 0 unspecified atom stereocenters. The maximum atomic E-state index is 14.2. The highest BCUT2D eigenvalue weighted by atomic mass is 32.2. The summed E-state index contributed by atoms with van der Waals surface area (Å²) in [5.74, 6) is -0.887. The van der Waals surface area contributed by atoms with Crippen LogP contribution in [0, 0.1) is 5.82 Å². The Hall–Kier alpha value is -2.76. The maximum Gasteiger partial charge on any atom is 0.416 e. The van der Waals surface area contributed by atoms with E-state index in [-0.39, 0.29) is 28.8 Å². The van der Waals surface area contributed by atoms with Crippen LogP contribution in [0.1, 0.15) is 11.1 Å². The van der Waals surface area contributed by atoms with Crippen LogP contribution >= 0.6 is 11.8 Å². The lowest BCUT2D eigenvalue weighted by molar-refractivity contribution is -0.137. The maximum absolute atomic E-state index is 14.2. The molecule has 1 fully saturated rings. The van der Waals surface area contributed by atoms with E-state index in [1.165, 1.54) is 18.2 Å². The van der Waals surface area contributed by atoms with Crippen molar-refractivity contribution < 1.29 is 35.5 Å². The Morgan fingerprint density at radius 3 is 2.19 bits per heavy atom. The van der Waals surface area contributed by atoms with Gasteiger partial charge in [0.05, 0.1) is 23.7 Å². The van der Waals surface area contributed by atoms with Crippen LogP contribution in [-0.2, 0) is 12.7 Å². The van der Waals surface area contributed by atoms with Crippen molar-refractivity contribution in [3.63, 3.8) is 0 Å². The molecule has 0 aromatic heterocycles. The lowest BCUT2D eigenvalue weighted by atomic mass is 10.1. The molecule has 0 N–H and O–H groups in total. The number of benzene rings is 2. The second-order valence-electron chi connectivity index (χ2n) is 6.43. The average Bonchev–Trinajstić information content (AvgIpc) is 2.68. The van der Waals surface area contributed by atoms with Gasteiger partial charge in [-0.1, -0.05) is 36.0 Å². The van der Waals surface area contributed by atoms with Crippen LogP contribution < -0.4 is 4.90 Å². The van der Waals surface area contributed by atoms with Gasteiger partial charge in [-0.15, -0.1) is 0 Å². The zero-order valence-electron chi connectivity index (χ0n) is 15.5. The number of carbonyl (C=O) groups excluding carboxylic acids is 1. The number of alkyl halides is 6. The number of aliphatic imine (C=N–C) groups is 1. The summed E-state index contributed by atoms with van der Waals surface area (Å²) in [6.07, 6.45) is -9.17. The van der Waals surface area contributed by atoms with E-state index >= 15 is 0 Å². The molecule has 0 saturated carbocycles. The van der Waals surface area contributed by atoms with Crippen molar-refractivity contribution in [3.8, 4) is 0 Å². The molecule has 166 valence electrons. The molecule has 0 spiro atoms. The van der Waals surface area contributed by atoms with Crippen LogP contribution in [0.2, 0.25) is 0 Å². The second kappa shape index (κ2) is 8.77. The van der Waals surface area contributed by atoms with Crippen LogP contribution in [0.15, 0.2) is 53.5 Å². The first-order chi connectivity index (χ1) is 14.5. The van der Waals surface area contributed by atoms with Gasteiger partial charge >= 0.3 is 18.4 Å². The number of urea groups is 1. The topological polar surface area (TPSA) is 35.9 Å². The minimum absolute atomic E-state index is 0.0766. The summed E-state index contributed by atoms with van der Waals surface area (Å²) >= 11 is 0.788. The van der Waals surface area contributed by atoms with Crippen LogP contribution in [0.5, 0.6) is 0 Å². The van der Waals surface area contributed by atoms with E-state index in [9.17, 15) is 35.5 Å². The van der Waals surface area contributed by atoms with Crippen LogP contribution in [0.3, 0.4) is 0 Å². The number of hydrogen-bond acceptors (Lipinski definition) is 3. The van der Waals surface area contributed by atoms with E-state index in [1.54, 1.807) is 0 Å². The molecule has 0 bridgehead atoms. The molecular weight excluding hydrogens is 451 g/mol. The fourth-order valence-electron chi connectivity index (χ4n) is 2.73. The lowest BCUT2D eigenvalue weighted by Crippen LogP contribution is -2.50. The van der Waals surface area contributed by atoms with E-state index in [1.807, 2.05) is 0 Å². The Labute approximate surface area is 176 Å². The second-order valence-corrected chi connectivity index (χ2v) is 7.34. The number of rotatable bonds is 4. The number of carbonyl (C=O) groups is 1. The Kier molecular flexibility index (Phi) is 6.48. The van der Waals surface area contributed by atoms with Crippen molar-refractivity contribution in [1.82, 2.24) is 4.90 Å². The van der Waals surface area contributed by atoms with Gasteiger partial charge in [-0.05, 0) is 29.8 Å². The fourth-order valence-corrected chi connectivity index (χ4v) is 3.68. The number of para-hydroxylation sites is 1. The summed E-state index contributed by atoms with van der Waals surface area (Å²) in [7, 11) is 0. The Morgan fingerprint density at radius 2 is 1.61 bits per heavy atom. The Morgan fingerprint density at radius 1 is 0.968 bits per heavy atom. The highest BCUT2D eigenvalue weighted by Crippen LogP contribution is 2.32. The van der Waals surface area contributed by atoms with Crippen molar-refractivity contribution in [1.29, 1.82) is 0 Å². The van der Waals surface area contributed by atoms with Gasteiger partial charge < -0.3 is 0 Å². The standard InChI is InChI=1S/C19H14F7N3OS/c20-14-3-1-2-4-15(14)29-11-31-16(27-10-18(21,22)23)28(17(29)30)9-12-5-7-13(8-6-12)19(24,25)26/h1-8H,9-11H2/b27-16+. The zero-order valence-corrected chi connectivity index (χ0v) is 16.4. The lowest BCUT2D eigenvalue weighted by Gasteiger charge is -2.36. The summed E-state index contributed by atoms with van der Waals surface area (Å²) in [5, 5.41) is -0.255. The van der Waals surface area contributed by atoms with Gasteiger partial charge in [-0.2, -0.15) is 26.3 Å². The Bertz CT molecular complexity index is 974. The third kappa shape index (κ3) is 5.69. The smallest absolute Gasteiger partial charge is 0.281 e. The summed E-state index contributed by atoms with van der Waals surface area (Å²) in [4.78, 5) is 18.3. The monoisotopic (exact) mass is 465 g/mol. The molecule has 0 atom stereocenters. The molecule has 1 aliphatic rings. The van der Waals surface area contributed by atoms with E-state index in [2.05, 4.69) is 4.99 Å². The number of halogens is 7. The minimum Gasteiger partial charge on any atom is -0.281 e. The number of anilines is 1. The number of thioether (sulfide) groups is 1. The van der Waals surface area contributed by atoms with Gasteiger partial charge in [0.15, 0.2) is 5.17 Å². The normalized spacial score (nSPS) is 16.9. The first-order valence-corrected chi connectivity index (χ1v) is 9.68. The predicted molar refractivity (Wildman–Crippen MR) is 102 cm³/mol. The molecule has 12 heteroatoms. The summed E-state index contributed by atoms with van der Waals surface area (Å²) < 4.78 is 90.3. The van der Waals surface area contributed by atoms with Crippen molar-refractivity contribution in [2.75, 3.05) is 17.3 Å². The van der Waals surface area contributed by atoms with Gasteiger partial charge in [0, 0.05) is 0 Å². The third-order valence-electron chi connectivity index (χ3n) is 4.17. The molecule has 4 nitrogen and oxygen atoms in total. The number of nitrogens with zero attached hydrogens (tertiary/aromatic N) is 3. The van der Waals surface area contributed by atoms with Crippen molar-refractivity contribution in [2.24, 2.45) is 4.99 Å². The van der Waals surface area contributed by atoms with Crippen LogP contribution in [0.25, 0.3) is 0 Å². The first kappa shape index (κ1) is 22.9. The number of hydrogen-bond donors (Lipinski definition) is 0. The molecule has 1 aliphatic heterocycles. The minimum atomic E-state index is -4.61. The van der Waals surface area contributed by atoms with Gasteiger partial charge in [-0.3, -0.25) is 14.8 Å². The molecular formula is C19H14F7N3OS. The fraction of sp³-hybridized carbons (Fsp3) is 0.263. The van der Waals surface area contributed by atoms with E-state index in [4.69, 9.17) is 0 Å². The highest BCUT2D eigenvalue weighted by molar-refractivity contribution is 8.14. The Balaban J connectivity index is 1.91. The zero-order chi connectivity index (χ0) is 22.8. The SMILES string of the molecule is O=C1N(Cc2ccc(C(F)(F)F)cc2)/C(=N\CC(F)(F)F)SCN1c1ccccc1F. The molecule has 2 aromatic carbocycles. The van der Waals surface area contributed by atoms with Gasteiger partial charge in [0.2, 0.25) is 0 Å². The van der Waals surface area contributed by atoms with Crippen molar-refractivity contribution in [3.05, 3.63) is 65.5 Å².